The zero-order chi connectivity index (χ0) is 23.1. The Morgan fingerprint density at radius 1 is 1.24 bits per heavy atom. The number of ether oxygens (including phenoxy) is 2. The molecular formula is C22H25FN6O4. The third-order valence-electron chi connectivity index (χ3n) is 6.32. The molecule has 5 rings (SSSR count). The van der Waals surface area contributed by atoms with Crippen molar-refractivity contribution in [1.29, 1.82) is 0 Å². The van der Waals surface area contributed by atoms with Crippen LogP contribution in [0.3, 0.4) is 0 Å². The lowest BCUT2D eigenvalue weighted by atomic mass is 10.1. The molecule has 0 bridgehead atoms. The van der Waals surface area contributed by atoms with E-state index in [0.29, 0.717) is 24.7 Å². The number of fused-ring (bicyclic) bond motifs is 2. The number of halogens is 1. The Hall–Kier alpha value is -3.34. The fourth-order valence-electron chi connectivity index (χ4n) is 4.69. The van der Waals surface area contributed by atoms with Gasteiger partial charge in [-0.05, 0) is 50.3 Å². The number of amides is 2. The van der Waals surface area contributed by atoms with Gasteiger partial charge in [-0.2, -0.15) is 0 Å². The first kappa shape index (κ1) is 21.5. The summed E-state index contributed by atoms with van der Waals surface area (Å²) in [5.41, 5.74) is 2.75. The van der Waals surface area contributed by atoms with Crippen LogP contribution in [-0.4, -0.2) is 71.2 Å². The summed E-state index contributed by atoms with van der Waals surface area (Å²) in [7, 11) is 2.02. The van der Waals surface area contributed by atoms with Gasteiger partial charge in [0, 0.05) is 18.8 Å². The molecule has 2 aromatic rings. The summed E-state index contributed by atoms with van der Waals surface area (Å²) in [6.07, 6.45) is 4.18. The van der Waals surface area contributed by atoms with Crippen molar-refractivity contribution in [3.05, 3.63) is 35.0 Å². The molecule has 0 spiro atoms. The minimum Gasteiger partial charge on any atom is -0.465 e. The molecule has 3 aliphatic rings. The molecular weight excluding hydrogens is 431 g/mol. The SMILES string of the molecule is Cc1ncc(F)c2c1CC(CN(C)CCC1CN(c3cnc4c(n3)NC(=O)CO4)C(=O)O1)C2. The second-order valence-corrected chi connectivity index (χ2v) is 8.81. The first-order valence-corrected chi connectivity index (χ1v) is 11.0. The smallest absolute Gasteiger partial charge is 0.415 e. The Morgan fingerprint density at radius 3 is 2.88 bits per heavy atom. The highest BCUT2D eigenvalue weighted by Crippen LogP contribution is 2.31. The zero-order valence-electron chi connectivity index (χ0n) is 18.5. The Balaban J connectivity index is 1.14. The highest BCUT2D eigenvalue weighted by atomic mass is 19.1. The number of rotatable bonds is 6. The maximum atomic E-state index is 14.1. The summed E-state index contributed by atoms with van der Waals surface area (Å²) < 4.78 is 24.8. The van der Waals surface area contributed by atoms with Crippen LogP contribution in [0.1, 0.15) is 23.2 Å². The number of carbonyl (C=O) groups excluding carboxylic acids is 2. The molecule has 2 atom stereocenters. The minimum absolute atomic E-state index is 0.110. The average molecular weight is 456 g/mol. The molecule has 2 aromatic heterocycles. The number of cyclic esters (lactones) is 1. The van der Waals surface area contributed by atoms with Crippen molar-refractivity contribution in [3.8, 4) is 5.88 Å². The molecule has 11 heteroatoms. The second-order valence-electron chi connectivity index (χ2n) is 8.81. The summed E-state index contributed by atoms with van der Waals surface area (Å²) in [4.78, 5) is 40.1. The molecule has 2 amide bonds. The van der Waals surface area contributed by atoms with Gasteiger partial charge < -0.3 is 19.7 Å². The van der Waals surface area contributed by atoms with Gasteiger partial charge in [0.1, 0.15) is 11.9 Å². The summed E-state index contributed by atoms with van der Waals surface area (Å²) >= 11 is 0. The van der Waals surface area contributed by atoms with Crippen LogP contribution in [0.4, 0.5) is 20.8 Å². The summed E-state index contributed by atoms with van der Waals surface area (Å²) in [6, 6.07) is 0. The predicted molar refractivity (Wildman–Crippen MR) is 116 cm³/mol. The fourth-order valence-corrected chi connectivity index (χ4v) is 4.69. The topological polar surface area (TPSA) is 110 Å². The average Bonchev–Trinajstić information content (AvgIpc) is 3.38. The number of pyridine rings is 1. The number of carbonyl (C=O) groups is 2. The summed E-state index contributed by atoms with van der Waals surface area (Å²) in [6.45, 7) is 3.73. The largest absolute Gasteiger partial charge is 0.465 e. The van der Waals surface area contributed by atoms with Crippen LogP contribution in [0, 0.1) is 18.7 Å². The molecule has 4 heterocycles. The molecule has 2 aliphatic heterocycles. The Kier molecular flexibility index (Phi) is 5.57. The number of anilines is 2. The van der Waals surface area contributed by atoms with E-state index in [1.165, 1.54) is 17.3 Å². The standard InChI is InChI=1S/C22H25FN6O4/c1-12-15-5-13(6-16(15)17(23)7-24-12)9-28(2)4-3-14-10-29(22(31)33-14)18-8-25-21-20(26-18)27-19(30)11-32-21/h7-8,13-14H,3-6,9-11H2,1-2H3,(H,26,27,30). The Morgan fingerprint density at radius 2 is 2.06 bits per heavy atom. The van der Waals surface area contributed by atoms with E-state index in [0.717, 1.165) is 42.8 Å². The second kappa shape index (κ2) is 8.54. The van der Waals surface area contributed by atoms with Crippen LogP contribution < -0.4 is 15.0 Å². The summed E-state index contributed by atoms with van der Waals surface area (Å²) in [5, 5.41) is 2.59. The predicted octanol–water partition coefficient (Wildman–Crippen LogP) is 1.71. The fraction of sp³-hybridized carbons (Fsp3) is 0.500. The highest BCUT2D eigenvalue weighted by molar-refractivity contribution is 5.94. The van der Waals surface area contributed by atoms with Gasteiger partial charge in [0.05, 0.1) is 18.9 Å². The van der Waals surface area contributed by atoms with Crippen molar-refractivity contribution in [2.45, 2.75) is 32.3 Å². The normalized spacial score (nSPS) is 21.5. The lowest BCUT2D eigenvalue weighted by Crippen LogP contribution is -2.31. The van der Waals surface area contributed by atoms with Gasteiger partial charge in [0.25, 0.3) is 11.8 Å². The molecule has 33 heavy (non-hydrogen) atoms. The molecule has 0 aromatic carbocycles. The van der Waals surface area contributed by atoms with Crippen molar-refractivity contribution in [2.24, 2.45) is 5.92 Å². The molecule has 174 valence electrons. The van der Waals surface area contributed by atoms with E-state index in [2.05, 4.69) is 25.2 Å². The molecule has 1 fully saturated rings. The third-order valence-corrected chi connectivity index (χ3v) is 6.32. The van der Waals surface area contributed by atoms with Crippen LogP contribution >= 0.6 is 0 Å². The number of hydrogen-bond acceptors (Lipinski definition) is 8. The van der Waals surface area contributed by atoms with Gasteiger partial charge in [0.15, 0.2) is 18.2 Å². The molecule has 0 saturated carbocycles. The van der Waals surface area contributed by atoms with Crippen LogP contribution in [0.25, 0.3) is 0 Å². The van der Waals surface area contributed by atoms with E-state index in [-0.39, 0.29) is 36.1 Å². The van der Waals surface area contributed by atoms with Crippen LogP contribution in [0.15, 0.2) is 12.4 Å². The highest BCUT2D eigenvalue weighted by Gasteiger charge is 2.35. The van der Waals surface area contributed by atoms with E-state index in [1.807, 2.05) is 14.0 Å². The van der Waals surface area contributed by atoms with Crippen molar-refractivity contribution < 1.29 is 23.5 Å². The number of hydrogen-bond donors (Lipinski definition) is 1. The quantitative estimate of drug-likeness (QED) is 0.700. The third kappa shape index (κ3) is 4.32. The lowest BCUT2D eigenvalue weighted by molar-refractivity contribution is -0.118. The van der Waals surface area contributed by atoms with Crippen LogP contribution in [0.5, 0.6) is 5.88 Å². The first-order valence-electron chi connectivity index (χ1n) is 11.0. The van der Waals surface area contributed by atoms with E-state index >= 15 is 0 Å². The monoisotopic (exact) mass is 456 g/mol. The molecule has 10 nitrogen and oxygen atoms in total. The Bertz CT molecular complexity index is 1080. The van der Waals surface area contributed by atoms with Crippen molar-refractivity contribution in [3.63, 3.8) is 0 Å². The first-order chi connectivity index (χ1) is 15.9. The van der Waals surface area contributed by atoms with E-state index < -0.39 is 6.09 Å². The van der Waals surface area contributed by atoms with Gasteiger partial charge in [-0.3, -0.25) is 14.7 Å². The van der Waals surface area contributed by atoms with Crippen molar-refractivity contribution in [1.82, 2.24) is 19.9 Å². The van der Waals surface area contributed by atoms with Gasteiger partial charge in [-0.25, -0.2) is 19.2 Å². The van der Waals surface area contributed by atoms with Gasteiger partial charge in [-0.15, -0.1) is 0 Å². The maximum Gasteiger partial charge on any atom is 0.415 e. The van der Waals surface area contributed by atoms with Crippen molar-refractivity contribution >= 4 is 23.6 Å². The van der Waals surface area contributed by atoms with E-state index in [9.17, 15) is 14.0 Å². The van der Waals surface area contributed by atoms with E-state index in [1.54, 1.807) is 0 Å². The molecule has 1 saturated heterocycles. The minimum atomic E-state index is -0.496. The van der Waals surface area contributed by atoms with Crippen LogP contribution in [0.2, 0.25) is 0 Å². The van der Waals surface area contributed by atoms with Gasteiger partial charge >= 0.3 is 6.09 Å². The van der Waals surface area contributed by atoms with E-state index in [4.69, 9.17) is 9.47 Å². The molecule has 1 N–H and O–H groups in total. The molecule has 1 aliphatic carbocycles. The van der Waals surface area contributed by atoms with Gasteiger partial charge in [-0.1, -0.05) is 0 Å². The molecule has 0 radical (unpaired) electrons. The summed E-state index contributed by atoms with van der Waals surface area (Å²) in [5.74, 6) is 0.528. The number of nitrogens with one attached hydrogen (secondary N) is 1. The van der Waals surface area contributed by atoms with Crippen molar-refractivity contribution in [2.75, 3.05) is 43.5 Å². The van der Waals surface area contributed by atoms with Crippen LogP contribution in [-0.2, 0) is 22.4 Å². The number of aryl methyl sites for hydroxylation is 1. The Labute approximate surface area is 190 Å². The van der Waals surface area contributed by atoms with Gasteiger partial charge in [0.2, 0.25) is 0 Å². The zero-order valence-corrected chi connectivity index (χ0v) is 18.5. The number of nitrogens with zero attached hydrogens (tertiary/aromatic N) is 5. The lowest BCUT2D eigenvalue weighted by Gasteiger charge is -2.22. The number of aromatic nitrogens is 3. The maximum absolute atomic E-state index is 14.1. The molecule has 2 unspecified atom stereocenters.